The van der Waals surface area contributed by atoms with Gasteiger partial charge in [0.15, 0.2) is 9.84 Å². The minimum absolute atomic E-state index is 0.218. The van der Waals surface area contributed by atoms with E-state index in [2.05, 4.69) is 10.3 Å². The van der Waals surface area contributed by atoms with E-state index in [9.17, 15) is 13.2 Å². The zero-order valence-corrected chi connectivity index (χ0v) is 18.5. The highest BCUT2D eigenvalue weighted by Crippen LogP contribution is 2.13. The average molecular weight is 442 g/mol. The van der Waals surface area contributed by atoms with Gasteiger partial charge in [-0.2, -0.15) is 0 Å². The summed E-state index contributed by atoms with van der Waals surface area (Å²) in [5.41, 5.74) is 2.12. The topological polar surface area (TPSA) is 90.3 Å². The smallest absolute Gasteiger partial charge is 0.238 e. The van der Waals surface area contributed by atoms with E-state index in [0.29, 0.717) is 18.1 Å². The lowest BCUT2D eigenvalue weighted by atomic mass is 10.2. The van der Waals surface area contributed by atoms with E-state index in [1.807, 2.05) is 61.5 Å². The van der Waals surface area contributed by atoms with E-state index in [0.717, 1.165) is 11.1 Å². The SMILES string of the molecule is Cc1cccc(OCCNC(=O)C(C)S(=O)(=O)Cc2nccn2Cc2ccccc2)c1. The summed E-state index contributed by atoms with van der Waals surface area (Å²) >= 11 is 0. The number of carbonyl (C=O) groups excluding carboxylic acids is 1. The molecule has 1 amide bonds. The largest absolute Gasteiger partial charge is 0.492 e. The van der Waals surface area contributed by atoms with Crippen LogP contribution in [0, 0.1) is 6.92 Å². The zero-order chi connectivity index (χ0) is 22.3. The minimum Gasteiger partial charge on any atom is -0.492 e. The maximum atomic E-state index is 12.8. The van der Waals surface area contributed by atoms with Crippen molar-refractivity contribution in [2.75, 3.05) is 13.2 Å². The predicted molar refractivity (Wildman–Crippen MR) is 120 cm³/mol. The number of hydrogen-bond acceptors (Lipinski definition) is 5. The summed E-state index contributed by atoms with van der Waals surface area (Å²) in [5.74, 6) is 0.266. The standard InChI is InChI=1S/C23H27N3O4S/c1-18-7-6-10-21(15-18)30-14-12-25-23(27)19(2)31(28,29)17-22-24-11-13-26(22)16-20-8-4-3-5-9-20/h3-11,13,15,19H,12,14,16-17H2,1-2H3,(H,25,27). The molecule has 0 aliphatic rings. The van der Waals surface area contributed by atoms with Crippen LogP contribution in [0.1, 0.15) is 23.9 Å². The molecular weight excluding hydrogens is 414 g/mol. The molecule has 0 fully saturated rings. The second-order valence-corrected chi connectivity index (χ2v) is 9.68. The van der Waals surface area contributed by atoms with Crippen LogP contribution in [-0.2, 0) is 26.9 Å². The predicted octanol–water partition coefficient (Wildman–Crippen LogP) is 2.74. The molecule has 0 spiro atoms. The van der Waals surface area contributed by atoms with Gasteiger partial charge in [0.2, 0.25) is 5.91 Å². The van der Waals surface area contributed by atoms with E-state index in [-0.39, 0.29) is 18.9 Å². The van der Waals surface area contributed by atoms with Gasteiger partial charge in [0.05, 0.1) is 6.54 Å². The maximum Gasteiger partial charge on any atom is 0.238 e. The van der Waals surface area contributed by atoms with Crippen LogP contribution in [0.2, 0.25) is 0 Å². The van der Waals surface area contributed by atoms with Crippen molar-refractivity contribution in [1.82, 2.24) is 14.9 Å². The summed E-state index contributed by atoms with van der Waals surface area (Å²) in [5, 5.41) is 1.45. The van der Waals surface area contributed by atoms with Crippen LogP contribution in [-0.4, -0.2) is 42.3 Å². The average Bonchev–Trinajstić information content (AvgIpc) is 3.17. The quantitative estimate of drug-likeness (QED) is 0.489. The molecule has 1 unspecified atom stereocenters. The van der Waals surface area contributed by atoms with Crippen LogP contribution < -0.4 is 10.1 Å². The second-order valence-electron chi connectivity index (χ2n) is 7.36. The molecule has 164 valence electrons. The Morgan fingerprint density at radius 1 is 1.16 bits per heavy atom. The van der Waals surface area contributed by atoms with Crippen molar-refractivity contribution in [3.63, 3.8) is 0 Å². The van der Waals surface area contributed by atoms with E-state index < -0.39 is 21.0 Å². The number of rotatable bonds is 10. The molecule has 1 N–H and O–H groups in total. The van der Waals surface area contributed by atoms with Crippen LogP contribution >= 0.6 is 0 Å². The van der Waals surface area contributed by atoms with Crippen LogP contribution in [0.5, 0.6) is 5.75 Å². The van der Waals surface area contributed by atoms with Crippen molar-refractivity contribution >= 4 is 15.7 Å². The summed E-state index contributed by atoms with van der Waals surface area (Å²) in [7, 11) is -3.73. The first kappa shape index (κ1) is 22.6. The molecule has 31 heavy (non-hydrogen) atoms. The van der Waals surface area contributed by atoms with Gasteiger partial charge in [0.25, 0.3) is 0 Å². The molecule has 0 aliphatic heterocycles. The summed E-state index contributed by atoms with van der Waals surface area (Å²) < 4.78 is 32.9. The number of carbonyl (C=O) groups is 1. The third-order valence-corrected chi connectivity index (χ3v) is 6.85. The molecule has 7 nitrogen and oxygen atoms in total. The van der Waals surface area contributed by atoms with E-state index in [1.165, 1.54) is 6.92 Å². The first-order valence-corrected chi connectivity index (χ1v) is 11.8. The summed E-state index contributed by atoms with van der Waals surface area (Å²) in [6, 6.07) is 17.3. The Bertz CT molecular complexity index is 1110. The highest BCUT2D eigenvalue weighted by atomic mass is 32.2. The lowest BCUT2D eigenvalue weighted by molar-refractivity contribution is -0.120. The van der Waals surface area contributed by atoms with Crippen molar-refractivity contribution in [1.29, 1.82) is 0 Å². The number of ether oxygens (including phenoxy) is 1. The van der Waals surface area contributed by atoms with Crippen LogP contribution in [0.3, 0.4) is 0 Å². The molecule has 1 atom stereocenters. The first-order valence-electron chi connectivity index (χ1n) is 10.1. The van der Waals surface area contributed by atoms with Crippen molar-refractivity contribution < 1.29 is 17.9 Å². The van der Waals surface area contributed by atoms with E-state index >= 15 is 0 Å². The zero-order valence-electron chi connectivity index (χ0n) is 17.7. The van der Waals surface area contributed by atoms with Gasteiger partial charge in [0.1, 0.15) is 29.2 Å². The Hall–Kier alpha value is -3.13. The number of nitrogens with zero attached hydrogens (tertiary/aromatic N) is 2. The highest BCUT2D eigenvalue weighted by molar-refractivity contribution is 7.92. The molecule has 0 saturated heterocycles. The van der Waals surface area contributed by atoms with Crippen LogP contribution in [0.15, 0.2) is 67.0 Å². The van der Waals surface area contributed by atoms with Crippen LogP contribution in [0.25, 0.3) is 0 Å². The molecular formula is C23H27N3O4S. The Morgan fingerprint density at radius 3 is 2.68 bits per heavy atom. The van der Waals surface area contributed by atoms with Gasteiger partial charge in [-0.1, -0.05) is 42.5 Å². The number of benzene rings is 2. The van der Waals surface area contributed by atoms with Crippen LogP contribution in [0.4, 0.5) is 0 Å². The fourth-order valence-electron chi connectivity index (χ4n) is 3.06. The molecule has 0 aliphatic carbocycles. The lowest BCUT2D eigenvalue weighted by Crippen LogP contribution is -2.40. The van der Waals surface area contributed by atoms with Crippen molar-refractivity contribution in [2.24, 2.45) is 0 Å². The van der Waals surface area contributed by atoms with Gasteiger partial charge in [-0.15, -0.1) is 0 Å². The number of sulfone groups is 1. The van der Waals surface area contributed by atoms with Gasteiger partial charge in [-0.25, -0.2) is 13.4 Å². The Labute approximate surface area is 183 Å². The molecule has 0 radical (unpaired) electrons. The molecule has 1 heterocycles. The van der Waals surface area contributed by atoms with Gasteiger partial charge in [-0.3, -0.25) is 4.79 Å². The number of imidazole rings is 1. The minimum atomic E-state index is -3.73. The molecule has 3 aromatic rings. The Morgan fingerprint density at radius 2 is 1.94 bits per heavy atom. The number of amides is 1. The lowest BCUT2D eigenvalue weighted by Gasteiger charge is -2.14. The summed E-state index contributed by atoms with van der Waals surface area (Å²) in [6.07, 6.45) is 3.31. The van der Waals surface area contributed by atoms with Crippen molar-refractivity contribution in [3.8, 4) is 5.75 Å². The van der Waals surface area contributed by atoms with E-state index in [4.69, 9.17) is 4.74 Å². The molecule has 2 aromatic carbocycles. The Kier molecular flexibility index (Phi) is 7.46. The number of nitrogens with one attached hydrogen (secondary N) is 1. The maximum absolute atomic E-state index is 12.8. The molecule has 1 aromatic heterocycles. The van der Waals surface area contributed by atoms with Gasteiger partial charge >= 0.3 is 0 Å². The van der Waals surface area contributed by atoms with Crippen molar-refractivity contribution in [2.45, 2.75) is 31.4 Å². The van der Waals surface area contributed by atoms with Gasteiger partial charge in [0, 0.05) is 18.9 Å². The molecule has 8 heteroatoms. The summed E-state index contributed by atoms with van der Waals surface area (Å²) in [4.78, 5) is 16.6. The first-order chi connectivity index (χ1) is 14.8. The monoisotopic (exact) mass is 441 g/mol. The van der Waals surface area contributed by atoms with E-state index in [1.54, 1.807) is 17.0 Å². The van der Waals surface area contributed by atoms with Gasteiger partial charge < -0.3 is 14.6 Å². The number of hydrogen-bond donors (Lipinski definition) is 1. The molecule has 0 bridgehead atoms. The van der Waals surface area contributed by atoms with Gasteiger partial charge in [-0.05, 0) is 37.1 Å². The molecule has 3 rings (SSSR count). The Balaban J connectivity index is 1.53. The third-order valence-electron chi connectivity index (χ3n) is 4.90. The number of aromatic nitrogens is 2. The highest BCUT2D eigenvalue weighted by Gasteiger charge is 2.29. The summed E-state index contributed by atoms with van der Waals surface area (Å²) in [6.45, 7) is 4.35. The third kappa shape index (κ3) is 6.42. The second kappa shape index (κ2) is 10.3. The fraction of sp³-hybridized carbons (Fsp3) is 0.304. The number of aryl methyl sites for hydroxylation is 1. The van der Waals surface area contributed by atoms with Crippen molar-refractivity contribution in [3.05, 3.63) is 83.9 Å². The normalized spacial score (nSPS) is 12.3. The molecule has 0 saturated carbocycles. The fourth-order valence-corrected chi connectivity index (χ4v) is 4.32.